The summed E-state index contributed by atoms with van der Waals surface area (Å²) in [7, 11) is -3.54. The van der Waals surface area contributed by atoms with Crippen molar-refractivity contribution in [3.8, 4) is 0 Å². The van der Waals surface area contributed by atoms with Gasteiger partial charge in [-0.15, -0.1) is 0 Å². The van der Waals surface area contributed by atoms with Gasteiger partial charge >= 0.3 is 0 Å². The van der Waals surface area contributed by atoms with Crippen molar-refractivity contribution in [3.05, 3.63) is 41.2 Å². The molecule has 2 aromatic rings. The summed E-state index contributed by atoms with van der Waals surface area (Å²) in [5.74, 6) is 0.365. The first-order valence-electron chi connectivity index (χ1n) is 11.2. The van der Waals surface area contributed by atoms with E-state index in [1.54, 1.807) is 12.1 Å². The number of sulfone groups is 1. The third-order valence-electron chi connectivity index (χ3n) is 6.09. The Morgan fingerprint density at radius 3 is 2.70 bits per heavy atom. The second kappa shape index (κ2) is 8.62. The fourth-order valence-corrected chi connectivity index (χ4v) is 5.13. The number of pyridine rings is 1. The van der Waals surface area contributed by atoms with Gasteiger partial charge in [0.05, 0.1) is 47.5 Å². The molecule has 174 valence electrons. The molecule has 0 amide bonds. The van der Waals surface area contributed by atoms with Crippen molar-refractivity contribution in [1.29, 1.82) is 0 Å². The molecule has 5 rings (SSSR count). The van der Waals surface area contributed by atoms with Crippen LogP contribution in [-0.4, -0.2) is 51.0 Å². The Bertz CT molecular complexity index is 1240. The average molecular weight is 470 g/mol. The highest BCUT2D eigenvalue weighted by atomic mass is 32.2. The van der Waals surface area contributed by atoms with Crippen LogP contribution in [0.15, 0.2) is 34.2 Å². The van der Waals surface area contributed by atoms with Crippen LogP contribution in [0.4, 0.5) is 17.1 Å². The number of aromatic nitrogens is 1. The number of benzene rings is 1. The van der Waals surface area contributed by atoms with Gasteiger partial charge in [0.1, 0.15) is 17.6 Å². The molecule has 0 unspecified atom stereocenters. The van der Waals surface area contributed by atoms with Crippen molar-refractivity contribution in [1.82, 2.24) is 4.98 Å². The fourth-order valence-electron chi connectivity index (χ4n) is 4.26. The maximum absolute atomic E-state index is 12.7. The SMILES string of the molecule is CC1=Nc2c(Nc3ccc([C@H]4COCCO4)cc3S(C)(=O)=O)cc(CC(=O)C3CC3)nc2C1. The van der Waals surface area contributed by atoms with E-state index in [1.165, 1.54) is 6.26 Å². The number of nitrogens with zero attached hydrogens (tertiary/aromatic N) is 2. The lowest BCUT2D eigenvalue weighted by atomic mass is 10.1. The molecule has 3 aliphatic rings. The van der Waals surface area contributed by atoms with E-state index >= 15 is 0 Å². The molecule has 8 nitrogen and oxygen atoms in total. The molecule has 0 spiro atoms. The average Bonchev–Trinajstić information content (AvgIpc) is 3.56. The summed E-state index contributed by atoms with van der Waals surface area (Å²) in [5, 5.41) is 3.28. The summed E-state index contributed by atoms with van der Waals surface area (Å²) >= 11 is 0. The molecule has 0 bridgehead atoms. The zero-order valence-electron chi connectivity index (χ0n) is 18.8. The summed E-state index contributed by atoms with van der Waals surface area (Å²) in [5.41, 5.74) is 4.98. The topological polar surface area (TPSA) is 107 Å². The maximum atomic E-state index is 12.7. The van der Waals surface area contributed by atoms with Crippen molar-refractivity contribution in [2.45, 2.75) is 43.6 Å². The van der Waals surface area contributed by atoms with Gasteiger partial charge < -0.3 is 14.8 Å². The molecule has 33 heavy (non-hydrogen) atoms. The molecular formula is C24H27N3O5S. The Kier molecular flexibility index (Phi) is 5.80. The third kappa shape index (κ3) is 4.85. The van der Waals surface area contributed by atoms with Gasteiger partial charge in [0, 0.05) is 30.7 Å². The number of aliphatic imine (C=N–C) groups is 1. The van der Waals surface area contributed by atoms with Gasteiger partial charge in [-0.3, -0.25) is 14.8 Å². The van der Waals surface area contributed by atoms with E-state index in [0.29, 0.717) is 49.0 Å². The monoisotopic (exact) mass is 469 g/mol. The first-order valence-corrected chi connectivity index (χ1v) is 13.1. The second-order valence-electron chi connectivity index (χ2n) is 8.98. The van der Waals surface area contributed by atoms with Gasteiger partial charge in [0.2, 0.25) is 0 Å². The molecule has 2 aliphatic heterocycles. The minimum Gasteiger partial charge on any atom is -0.376 e. The second-order valence-corrected chi connectivity index (χ2v) is 11.0. The molecule has 1 aromatic heterocycles. The first-order chi connectivity index (χ1) is 15.8. The summed E-state index contributed by atoms with van der Waals surface area (Å²) in [6.45, 7) is 3.33. The number of carbonyl (C=O) groups excluding carboxylic acids is 1. The smallest absolute Gasteiger partial charge is 0.177 e. The molecule has 0 radical (unpaired) electrons. The Morgan fingerprint density at radius 1 is 1.18 bits per heavy atom. The van der Waals surface area contributed by atoms with E-state index in [4.69, 9.17) is 9.47 Å². The molecule has 1 aromatic carbocycles. The van der Waals surface area contributed by atoms with Crippen molar-refractivity contribution in [2.75, 3.05) is 31.4 Å². The number of nitrogens with one attached hydrogen (secondary N) is 1. The summed E-state index contributed by atoms with van der Waals surface area (Å²) in [6, 6.07) is 7.06. The summed E-state index contributed by atoms with van der Waals surface area (Å²) in [4.78, 5) is 21.9. The highest BCUT2D eigenvalue weighted by molar-refractivity contribution is 7.90. The van der Waals surface area contributed by atoms with Crippen molar-refractivity contribution in [2.24, 2.45) is 10.9 Å². The predicted octanol–water partition coefficient (Wildman–Crippen LogP) is 3.49. The fraction of sp³-hybridized carbons (Fsp3) is 0.458. The minimum absolute atomic E-state index is 0.157. The number of ketones is 1. The predicted molar refractivity (Wildman–Crippen MR) is 124 cm³/mol. The van der Waals surface area contributed by atoms with E-state index in [2.05, 4.69) is 15.3 Å². The van der Waals surface area contributed by atoms with Gasteiger partial charge in [-0.25, -0.2) is 8.42 Å². The van der Waals surface area contributed by atoms with Crippen LogP contribution in [0, 0.1) is 5.92 Å². The van der Waals surface area contributed by atoms with Crippen LogP contribution in [0.3, 0.4) is 0 Å². The Morgan fingerprint density at radius 2 is 2.00 bits per heavy atom. The molecule has 1 atom stereocenters. The van der Waals surface area contributed by atoms with E-state index in [1.807, 2.05) is 19.1 Å². The normalized spacial score (nSPS) is 20.3. The lowest BCUT2D eigenvalue weighted by Gasteiger charge is -2.24. The Hall–Kier alpha value is -2.62. The Balaban J connectivity index is 1.51. The number of anilines is 2. The largest absolute Gasteiger partial charge is 0.376 e. The van der Waals surface area contributed by atoms with Crippen LogP contribution in [0.5, 0.6) is 0 Å². The quantitative estimate of drug-likeness (QED) is 0.661. The van der Waals surface area contributed by atoms with Gasteiger partial charge in [0.15, 0.2) is 9.84 Å². The van der Waals surface area contributed by atoms with Crippen LogP contribution < -0.4 is 5.32 Å². The third-order valence-corrected chi connectivity index (χ3v) is 7.23. The zero-order valence-corrected chi connectivity index (χ0v) is 19.6. The number of carbonyl (C=O) groups is 1. The zero-order chi connectivity index (χ0) is 23.2. The van der Waals surface area contributed by atoms with Crippen LogP contribution >= 0.6 is 0 Å². The van der Waals surface area contributed by atoms with Crippen LogP contribution in [0.2, 0.25) is 0 Å². The van der Waals surface area contributed by atoms with E-state index in [9.17, 15) is 13.2 Å². The first kappa shape index (κ1) is 22.2. The molecule has 1 N–H and O–H groups in total. The van der Waals surface area contributed by atoms with Crippen molar-refractivity contribution in [3.63, 3.8) is 0 Å². The molecule has 3 heterocycles. The molecule has 1 aliphatic carbocycles. The van der Waals surface area contributed by atoms with E-state index in [0.717, 1.165) is 29.8 Å². The standard InChI is InChI=1S/C24H27N3O5S/c1-14-9-19-24(25-14)20(11-17(26-19)12-21(28)15-3-4-15)27-18-6-5-16(10-23(18)33(2,29)30)22-13-31-7-8-32-22/h5-6,10-11,15,22H,3-4,7-9,12-13H2,1-2H3,(H,26,27)/t22-/m1/s1. The number of fused-ring (bicyclic) bond motifs is 1. The minimum atomic E-state index is -3.54. The lowest BCUT2D eigenvalue weighted by molar-refractivity contribution is -0.119. The summed E-state index contributed by atoms with van der Waals surface area (Å²) < 4.78 is 36.5. The van der Waals surface area contributed by atoms with Crippen molar-refractivity contribution < 1.29 is 22.7 Å². The number of hydrogen-bond acceptors (Lipinski definition) is 8. The van der Waals surface area contributed by atoms with Crippen LogP contribution in [0.1, 0.15) is 42.8 Å². The molecule has 9 heteroatoms. The van der Waals surface area contributed by atoms with Gasteiger partial charge in [-0.1, -0.05) is 6.07 Å². The molecule has 1 saturated carbocycles. The van der Waals surface area contributed by atoms with Gasteiger partial charge in [-0.2, -0.15) is 0 Å². The molecule has 1 saturated heterocycles. The number of hydrogen-bond donors (Lipinski definition) is 1. The number of ether oxygens (including phenoxy) is 2. The highest BCUT2D eigenvalue weighted by Gasteiger charge is 2.30. The van der Waals surface area contributed by atoms with E-state index in [-0.39, 0.29) is 29.1 Å². The van der Waals surface area contributed by atoms with Crippen LogP contribution in [-0.2, 0) is 36.9 Å². The van der Waals surface area contributed by atoms with Crippen LogP contribution in [0.25, 0.3) is 0 Å². The van der Waals surface area contributed by atoms with E-state index < -0.39 is 9.84 Å². The van der Waals surface area contributed by atoms with Gasteiger partial charge in [-0.05, 0) is 43.5 Å². The van der Waals surface area contributed by atoms with Crippen molar-refractivity contribution >= 4 is 38.4 Å². The Labute approximate surface area is 193 Å². The summed E-state index contributed by atoms with van der Waals surface area (Å²) in [6.07, 6.45) is 3.70. The number of rotatable bonds is 7. The maximum Gasteiger partial charge on any atom is 0.177 e. The van der Waals surface area contributed by atoms with Gasteiger partial charge in [0.25, 0.3) is 0 Å². The number of Topliss-reactive ketones (excluding diaryl/α,β-unsaturated/α-hetero) is 1. The highest BCUT2D eigenvalue weighted by Crippen LogP contribution is 2.39. The lowest BCUT2D eigenvalue weighted by Crippen LogP contribution is -2.22. The molecule has 2 fully saturated rings. The molecular weight excluding hydrogens is 442 g/mol.